The van der Waals surface area contributed by atoms with Gasteiger partial charge in [-0.15, -0.1) is 0 Å². The van der Waals surface area contributed by atoms with Gasteiger partial charge in [0, 0.05) is 31.7 Å². The molecule has 0 saturated carbocycles. The summed E-state index contributed by atoms with van der Waals surface area (Å²) < 4.78 is 42.1. The molecule has 1 aliphatic rings. The summed E-state index contributed by atoms with van der Waals surface area (Å²) in [4.78, 5) is 39.5. The van der Waals surface area contributed by atoms with Crippen LogP contribution >= 0.6 is 0 Å². The van der Waals surface area contributed by atoms with Gasteiger partial charge in [-0.05, 0) is 11.1 Å². The topological polar surface area (TPSA) is 79.0 Å². The second-order valence-electron chi connectivity index (χ2n) is 7.52. The second kappa shape index (κ2) is 11.0. The van der Waals surface area contributed by atoms with Gasteiger partial charge >= 0.3 is 18.1 Å². The maximum atomic E-state index is 13.1. The molecular formula is C23H24F3N3O4. The quantitative estimate of drug-likeness (QED) is 0.641. The molecule has 7 nitrogen and oxygen atoms in total. The van der Waals surface area contributed by atoms with Crippen molar-refractivity contribution in [1.29, 1.82) is 0 Å². The number of hydrogen-bond acceptors (Lipinski definition) is 4. The highest BCUT2D eigenvalue weighted by atomic mass is 19.4. The van der Waals surface area contributed by atoms with E-state index in [0.717, 1.165) is 11.1 Å². The summed E-state index contributed by atoms with van der Waals surface area (Å²) in [6, 6.07) is 15.6. The summed E-state index contributed by atoms with van der Waals surface area (Å²) in [5.74, 6) is -2.81. The number of rotatable bonds is 7. The van der Waals surface area contributed by atoms with Gasteiger partial charge in [0.15, 0.2) is 5.78 Å². The molecule has 0 aliphatic carbocycles. The Labute approximate surface area is 189 Å². The van der Waals surface area contributed by atoms with Crippen molar-refractivity contribution in [3.05, 3.63) is 71.3 Å². The van der Waals surface area contributed by atoms with Gasteiger partial charge in [0.1, 0.15) is 0 Å². The van der Waals surface area contributed by atoms with Crippen LogP contribution in [0.25, 0.3) is 0 Å². The second-order valence-corrected chi connectivity index (χ2v) is 7.52. The standard InChI is InChI=1S/C23H24F3N3O4/c24-23(25,26)21(31)27-14-20(30)19-8-6-18(7-9-19)16-29(15-17-4-2-1-3-5-17)22(32)28-10-12-33-13-11-28/h1-9H,10-16H2,(H,27,31). The van der Waals surface area contributed by atoms with Crippen LogP contribution in [0, 0.1) is 0 Å². The van der Waals surface area contributed by atoms with Crippen molar-refractivity contribution < 1.29 is 32.3 Å². The van der Waals surface area contributed by atoms with Gasteiger partial charge in [-0.2, -0.15) is 13.2 Å². The van der Waals surface area contributed by atoms with E-state index in [4.69, 9.17) is 4.74 Å². The first kappa shape index (κ1) is 24.2. The summed E-state index contributed by atoms with van der Waals surface area (Å²) in [5.41, 5.74) is 1.88. The van der Waals surface area contributed by atoms with Crippen molar-refractivity contribution in [2.45, 2.75) is 19.3 Å². The van der Waals surface area contributed by atoms with Crippen LogP contribution in [0.5, 0.6) is 0 Å². The van der Waals surface area contributed by atoms with Gasteiger partial charge in [-0.3, -0.25) is 9.59 Å². The predicted octanol–water partition coefficient (Wildman–Crippen LogP) is 3.00. The monoisotopic (exact) mass is 463 g/mol. The lowest BCUT2D eigenvalue weighted by Crippen LogP contribution is -2.47. The van der Waals surface area contributed by atoms with Crippen molar-refractivity contribution >= 4 is 17.7 Å². The molecule has 2 aromatic carbocycles. The fraction of sp³-hybridized carbons (Fsp3) is 0.348. The number of benzene rings is 2. The van der Waals surface area contributed by atoms with Gasteiger partial charge in [0.05, 0.1) is 19.8 Å². The molecule has 0 bridgehead atoms. The zero-order valence-corrected chi connectivity index (χ0v) is 17.8. The minimum absolute atomic E-state index is 0.128. The minimum Gasteiger partial charge on any atom is -0.378 e. The zero-order chi connectivity index (χ0) is 23.8. The SMILES string of the molecule is O=C(CNC(=O)C(F)(F)F)c1ccc(CN(Cc2ccccc2)C(=O)N2CCOCC2)cc1. The Morgan fingerprint density at radius 2 is 1.48 bits per heavy atom. The van der Waals surface area contributed by atoms with Crippen LogP contribution in [0.1, 0.15) is 21.5 Å². The van der Waals surface area contributed by atoms with E-state index in [-0.39, 0.29) is 18.1 Å². The molecule has 2 aromatic rings. The van der Waals surface area contributed by atoms with Gasteiger partial charge in [-0.1, -0.05) is 54.6 Å². The van der Waals surface area contributed by atoms with Crippen LogP contribution in [-0.2, 0) is 22.6 Å². The van der Waals surface area contributed by atoms with Crippen LogP contribution in [0.4, 0.5) is 18.0 Å². The van der Waals surface area contributed by atoms with Gasteiger partial charge in [0.2, 0.25) is 0 Å². The first-order valence-electron chi connectivity index (χ1n) is 10.4. The third-order valence-electron chi connectivity index (χ3n) is 5.08. The van der Waals surface area contributed by atoms with E-state index in [1.54, 1.807) is 27.2 Å². The fourth-order valence-corrected chi connectivity index (χ4v) is 3.33. The Kier molecular flexibility index (Phi) is 8.05. The zero-order valence-electron chi connectivity index (χ0n) is 17.8. The molecule has 176 valence electrons. The lowest BCUT2D eigenvalue weighted by molar-refractivity contribution is -0.173. The molecule has 0 aromatic heterocycles. The molecule has 3 rings (SSSR count). The Bertz CT molecular complexity index is 959. The lowest BCUT2D eigenvalue weighted by Gasteiger charge is -2.33. The van der Waals surface area contributed by atoms with Gasteiger partial charge in [0.25, 0.3) is 0 Å². The van der Waals surface area contributed by atoms with E-state index in [2.05, 4.69) is 0 Å². The third kappa shape index (κ3) is 7.04. The third-order valence-corrected chi connectivity index (χ3v) is 5.08. The maximum Gasteiger partial charge on any atom is 0.471 e. The number of hydrogen-bond donors (Lipinski definition) is 1. The highest BCUT2D eigenvalue weighted by Crippen LogP contribution is 2.16. The number of carbonyl (C=O) groups is 3. The highest BCUT2D eigenvalue weighted by Gasteiger charge is 2.38. The van der Waals surface area contributed by atoms with Crippen LogP contribution in [0.3, 0.4) is 0 Å². The number of alkyl halides is 3. The Morgan fingerprint density at radius 1 is 0.909 bits per heavy atom. The number of carbonyl (C=O) groups excluding carboxylic acids is 3. The molecule has 0 atom stereocenters. The molecule has 1 saturated heterocycles. The number of nitrogens with one attached hydrogen (secondary N) is 1. The van der Waals surface area contributed by atoms with Crippen molar-refractivity contribution in [1.82, 2.24) is 15.1 Å². The van der Waals surface area contributed by atoms with Crippen LogP contribution in [0.2, 0.25) is 0 Å². The molecule has 3 amide bonds. The number of halogens is 3. The Morgan fingerprint density at radius 3 is 2.06 bits per heavy atom. The van der Waals surface area contributed by atoms with Crippen LogP contribution in [-0.4, -0.2) is 66.5 Å². The number of urea groups is 1. The van der Waals surface area contributed by atoms with E-state index >= 15 is 0 Å². The summed E-state index contributed by atoms with van der Waals surface area (Å²) in [7, 11) is 0. The number of nitrogens with zero attached hydrogens (tertiary/aromatic N) is 2. The van der Waals surface area contributed by atoms with Gasteiger partial charge in [-0.25, -0.2) is 4.79 Å². The van der Waals surface area contributed by atoms with E-state index in [1.807, 2.05) is 30.3 Å². The number of ketones is 1. The fourth-order valence-electron chi connectivity index (χ4n) is 3.33. The molecule has 1 fully saturated rings. The normalized spacial score (nSPS) is 14.0. The summed E-state index contributed by atoms with van der Waals surface area (Å²) in [6.45, 7) is 1.88. The molecule has 1 heterocycles. The van der Waals surface area contributed by atoms with Crippen molar-refractivity contribution in [2.24, 2.45) is 0 Å². The Balaban J connectivity index is 1.67. The summed E-state index contributed by atoms with van der Waals surface area (Å²) in [5, 5.41) is 1.56. The maximum absolute atomic E-state index is 13.1. The van der Waals surface area contributed by atoms with Crippen LogP contribution in [0.15, 0.2) is 54.6 Å². The molecule has 33 heavy (non-hydrogen) atoms. The van der Waals surface area contributed by atoms with Crippen molar-refractivity contribution in [3.8, 4) is 0 Å². The van der Waals surface area contributed by atoms with E-state index < -0.39 is 24.4 Å². The van der Waals surface area contributed by atoms with Crippen molar-refractivity contribution in [3.63, 3.8) is 0 Å². The van der Waals surface area contributed by atoms with Crippen LogP contribution < -0.4 is 5.32 Å². The number of morpholine rings is 1. The largest absolute Gasteiger partial charge is 0.471 e. The highest BCUT2D eigenvalue weighted by molar-refractivity contribution is 5.99. The van der Waals surface area contributed by atoms with E-state index in [9.17, 15) is 27.6 Å². The smallest absolute Gasteiger partial charge is 0.378 e. The lowest BCUT2D eigenvalue weighted by atomic mass is 10.1. The molecule has 1 N–H and O–H groups in total. The van der Waals surface area contributed by atoms with E-state index in [0.29, 0.717) is 32.8 Å². The van der Waals surface area contributed by atoms with E-state index in [1.165, 1.54) is 12.1 Å². The first-order chi connectivity index (χ1) is 15.7. The summed E-state index contributed by atoms with van der Waals surface area (Å²) >= 11 is 0. The number of amides is 3. The number of Topliss-reactive ketones (excluding diaryl/α,β-unsaturated/α-hetero) is 1. The first-order valence-corrected chi connectivity index (χ1v) is 10.4. The average Bonchev–Trinajstić information content (AvgIpc) is 2.82. The molecule has 0 unspecified atom stereocenters. The predicted molar refractivity (Wildman–Crippen MR) is 113 cm³/mol. The molecule has 0 radical (unpaired) electrons. The average molecular weight is 463 g/mol. The minimum atomic E-state index is -5.04. The summed E-state index contributed by atoms with van der Waals surface area (Å²) in [6.07, 6.45) is -5.04. The molecule has 0 spiro atoms. The molecule has 10 heteroatoms. The number of ether oxygens (including phenoxy) is 1. The molecule has 1 aliphatic heterocycles. The van der Waals surface area contributed by atoms with Crippen molar-refractivity contribution in [2.75, 3.05) is 32.8 Å². The van der Waals surface area contributed by atoms with Gasteiger partial charge < -0.3 is 19.9 Å². The Hall–Kier alpha value is -3.40. The molecular weight excluding hydrogens is 439 g/mol.